The van der Waals surface area contributed by atoms with Crippen LogP contribution in [-0.2, 0) is 6.54 Å². The average Bonchev–Trinajstić information content (AvgIpc) is 2.47. The lowest BCUT2D eigenvalue weighted by Gasteiger charge is -2.13. The highest BCUT2D eigenvalue weighted by molar-refractivity contribution is 6.30. The number of anilines is 1. The van der Waals surface area contributed by atoms with Gasteiger partial charge >= 0.3 is 0 Å². The molecule has 21 heavy (non-hydrogen) atoms. The Morgan fingerprint density at radius 1 is 1.14 bits per heavy atom. The molecule has 0 fully saturated rings. The molecule has 0 bridgehead atoms. The molecule has 0 aromatic heterocycles. The number of hydrogen-bond acceptors (Lipinski definition) is 2. The van der Waals surface area contributed by atoms with E-state index in [1.807, 2.05) is 18.2 Å². The largest absolute Gasteiger partial charge is 0.489 e. The average molecular weight is 302 g/mol. The minimum absolute atomic E-state index is 0.484. The summed E-state index contributed by atoms with van der Waals surface area (Å²) < 4.78 is 5.66. The predicted molar refractivity (Wildman–Crippen MR) is 90.4 cm³/mol. The van der Waals surface area contributed by atoms with Crippen molar-refractivity contribution in [3.05, 3.63) is 70.8 Å². The highest BCUT2D eigenvalue weighted by Gasteiger charge is 2.05. The summed E-state index contributed by atoms with van der Waals surface area (Å²) in [6.45, 7) is 9.03. The molecule has 0 aliphatic rings. The van der Waals surface area contributed by atoms with E-state index >= 15 is 0 Å². The third-order valence-corrected chi connectivity index (χ3v) is 3.60. The Kier molecular flexibility index (Phi) is 5.29. The monoisotopic (exact) mass is 301 g/mol. The number of aryl methyl sites for hydroxylation is 2. The zero-order chi connectivity index (χ0) is 15.2. The van der Waals surface area contributed by atoms with Crippen LogP contribution in [0.25, 0.3) is 0 Å². The maximum Gasteiger partial charge on any atom is 0.124 e. The van der Waals surface area contributed by atoms with E-state index in [1.54, 1.807) is 6.08 Å². The SMILES string of the molecule is C=CCOc1ccc(Cl)cc1CNc1ccc(C)c(C)c1. The number of hydrogen-bond donors (Lipinski definition) is 1. The van der Waals surface area contributed by atoms with Gasteiger partial charge in [-0.25, -0.2) is 0 Å². The summed E-state index contributed by atoms with van der Waals surface area (Å²) in [6.07, 6.45) is 1.73. The highest BCUT2D eigenvalue weighted by atomic mass is 35.5. The molecule has 2 aromatic rings. The Balaban J connectivity index is 2.12. The van der Waals surface area contributed by atoms with Gasteiger partial charge in [0.25, 0.3) is 0 Å². The first-order chi connectivity index (χ1) is 10.1. The summed E-state index contributed by atoms with van der Waals surface area (Å²) >= 11 is 6.08. The Hall–Kier alpha value is -1.93. The molecule has 2 nitrogen and oxygen atoms in total. The summed E-state index contributed by atoms with van der Waals surface area (Å²) in [6, 6.07) is 12.0. The van der Waals surface area contributed by atoms with Crippen molar-refractivity contribution in [1.82, 2.24) is 0 Å². The van der Waals surface area contributed by atoms with Gasteiger partial charge in [-0.15, -0.1) is 0 Å². The van der Waals surface area contributed by atoms with E-state index in [0.29, 0.717) is 18.2 Å². The second kappa shape index (κ2) is 7.19. The van der Waals surface area contributed by atoms with Crippen LogP contribution in [0.5, 0.6) is 5.75 Å². The van der Waals surface area contributed by atoms with Crippen LogP contribution in [0.15, 0.2) is 49.1 Å². The first-order valence-electron chi connectivity index (χ1n) is 6.93. The summed E-state index contributed by atoms with van der Waals surface area (Å²) in [5.74, 6) is 0.829. The van der Waals surface area contributed by atoms with Crippen LogP contribution in [0, 0.1) is 13.8 Å². The normalized spacial score (nSPS) is 10.2. The number of rotatable bonds is 6. The molecule has 0 aliphatic heterocycles. The molecule has 2 aromatic carbocycles. The van der Waals surface area contributed by atoms with Crippen LogP contribution in [0.1, 0.15) is 16.7 Å². The van der Waals surface area contributed by atoms with Crippen LogP contribution in [0.3, 0.4) is 0 Å². The van der Waals surface area contributed by atoms with Crippen molar-refractivity contribution >= 4 is 17.3 Å². The smallest absolute Gasteiger partial charge is 0.124 e. The molecule has 2 rings (SSSR count). The number of benzene rings is 2. The lowest BCUT2D eigenvalue weighted by atomic mass is 10.1. The molecule has 110 valence electrons. The van der Waals surface area contributed by atoms with E-state index in [4.69, 9.17) is 16.3 Å². The second-order valence-corrected chi connectivity index (χ2v) is 5.44. The van der Waals surface area contributed by atoms with Gasteiger partial charge in [-0.3, -0.25) is 0 Å². The lowest BCUT2D eigenvalue weighted by molar-refractivity contribution is 0.359. The third kappa shape index (κ3) is 4.27. The number of halogens is 1. The van der Waals surface area contributed by atoms with Crippen LogP contribution >= 0.6 is 11.6 Å². The first kappa shape index (κ1) is 15.5. The van der Waals surface area contributed by atoms with Crippen LogP contribution in [-0.4, -0.2) is 6.61 Å². The van der Waals surface area contributed by atoms with Crippen LogP contribution in [0.4, 0.5) is 5.69 Å². The highest BCUT2D eigenvalue weighted by Crippen LogP contribution is 2.24. The van der Waals surface area contributed by atoms with Crippen LogP contribution < -0.4 is 10.1 Å². The lowest BCUT2D eigenvalue weighted by Crippen LogP contribution is -2.04. The molecule has 0 amide bonds. The summed E-state index contributed by atoms with van der Waals surface area (Å²) in [7, 11) is 0. The molecule has 0 aliphatic carbocycles. The fourth-order valence-corrected chi connectivity index (χ4v) is 2.22. The Labute approximate surface area is 131 Å². The van der Waals surface area contributed by atoms with E-state index in [9.17, 15) is 0 Å². The minimum atomic E-state index is 0.484. The minimum Gasteiger partial charge on any atom is -0.489 e. The maximum absolute atomic E-state index is 6.08. The van der Waals surface area contributed by atoms with Crippen molar-refractivity contribution in [3.8, 4) is 5.75 Å². The van der Waals surface area contributed by atoms with Crippen molar-refractivity contribution in [3.63, 3.8) is 0 Å². The van der Waals surface area contributed by atoms with Gasteiger partial charge < -0.3 is 10.1 Å². The number of ether oxygens (including phenoxy) is 1. The van der Waals surface area contributed by atoms with E-state index in [0.717, 1.165) is 17.0 Å². The zero-order valence-electron chi connectivity index (χ0n) is 12.4. The van der Waals surface area contributed by atoms with Gasteiger partial charge in [-0.05, 0) is 55.3 Å². The van der Waals surface area contributed by atoms with Gasteiger partial charge in [0.15, 0.2) is 0 Å². The molecule has 0 radical (unpaired) electrons. The molecule has 1 N–H and O–H groups in total. The Morgan fingerprint density at radius 2 is 1.95 bits per heavy atom. The van der Waals surface area contributed by atoms with E-state index in [1.165, 1.54) is 11.1 Å². The molecule has 0 unspecified atom stereocenters. The predicted octanol–water partition coefficient (Wildman–Crippen LogP) is 5.13. The van der Waals surface area contributed by atoms with Crippen molar-refractivity contribution in [2.75, 3.05) is 11.9 Å². The van der Waals surface area contributed by atoms with Gasteiger partial charge in [0, 0.05) is 22.8 Å². The second-order valence-electron chi connectivity index (χ2n) is 5.00. The third-order valence-electron chi connectivity index (χ3n) is 3.37. The topological polar surface area (TPSA) is 21.3 Å². The number of nitrogens with one attached hydrogen (secondary N) is 1. The Bertz CT molecular complexity index is 637. The fraction of sp³-hybridized carbons (Fsp3) is 0.222. The molecule has 0 spiro atoms. The van der Waals surface area contributed by atoms with Crippen molar-refractivity contribution < 1.29 is 4.74 Å². The summed E-state index contributed by atoms with van der Waals surface area (Å²) in [4.78, 5) is 0. The Morgan fingerprint density at radius 3 is 2.67 bits per heavy atom. The molecule has 0 saturated heterocycles. The van der Waals surface area contributed by atoms with Gasteiger partial charge in [-0.1, -0.05) is 30.3 Å². The van der Waals surface area contributed by atoms with Gasteiger partial charge in [-0.2, -0.15) is 0 Å². The fourth-order valence-electron chi connectivity index (χ4n) is 2.02. The van der Waals surface area contributed by atoms with E-state index in [2.05, 4.69) is 43.9 Å². The molecule has 3 heteroatoms. The molecular weight excluding hydrogens is 282 g/mol. The van der Waals surface area contributed by atoms with Gasteiger partial charge in [0.05, 0.1) is 0 Å². The maximum atomic E-state index is 6.08. The van der Waals surface area contributed by atoms with Crippen molar-refractivity contribution in [2.45, 2.75) is 20.4 Å². The van der Waals surface area contributed by atoms with Crippen molar-refractivity contribution in [2.24, 2.45) is 0 Å². The standard InChI is InChI=1S/C18H20ClNO/c1-4-9-21-18-8-6-16(19)11-15(18)12-20-17-7-5-13(2)14(3)10-17/h4-8,10-11,20H,1,9,12H2,2-3H3. The molecule has 0 atom stereocenters. The van der Waals surface area contributed by atoms with Crippen LogP contribution in [0.2, 0.25) is 5.02 Å². The van der Waals surface area contributed by atoms with Gasteiger partial charge in [0.1, 0.15) is 12.4 Å². The molecular formula is C18H20ClNO. The quantitative estimate of drug-likeness (QED) is 0.746. The van der Waals surface area contributed by atoms with Crippen molar-refractivity contribution in [1.29, 1.82) is 0 Å². The zero-order valence-corrected chi connectivity index (χ0v) is 13.2. The summed E-state index contributed by atoms with van der Waals surface area (Å²) in [5.41, 5.74) is 4.68. The van der Waals surface area contributed by atoms with Gasteiger partial charge in [0.2, 0.25) is 0 Å². The molecule has 0 heterocycles. The van der Waals surface area contributed by atoms with E-state index < -0.39 is 0 Å². The molecule has 0 saturated carbocycles. The summed E-state index contributed by atoms with van der Waals surface area (Å²) in [5, 5.41) is 4.11. The van der Waals surface area contributed by atoms with E-state index in [-0.39, 0.29) is 0 Å². The first-order valence-corrected chi connectivity index (χ1v) is 7.31.